The quantitative estimate of drug-likeness (QED) is 0.580. The lowest BCUT2D eigenvalue weighted by Gasteiger charge is -2.16. The van der Waals surface area contributed by atoms with Gasteiger partial charge in [0, 0.05) is 18.0 Å². The summed E-state index contributed by atoms with van der Waals surface area (Å²) in [6.07, 6.45) is 4.44. The summed E-state index contributed by atoms with van der Waals surface area (Å²) in [6, 6.07) is 2.84. The number of Topliss-reactive ketones (excluding diaryl/α,β-unsaturated/α-hetero) is 1. The molecular weight excluding hydrogens is 433 g/mol. The van der Waals surface area contributed by atoms with Crippen molar-refractivity contribution in [2.45, 2.75) is 19.9 Å². The van der Waals surface area contributed by atoms with E-state index in [1.165, 1.54) is 24.0 Å². The summed E-state index contributed by atoms with van der Waals surface area (Å²) in [5.41, 5.74) is 0.239. The largest absolute Gasteiger partial charge is 0.328 e. The van der Waals surface area contributed by atoms with Gasteiger partial charge in [0.2, 0.25) is 0 Å². The smallest absolute Gasteiger partial charge is 0.319 e. The number of benzene rings is 1. The molecule has 2 amide bonds. The first-order valence-electron chi connectivity index (χ1n) is 8.11. The van der Waals surface area contributed by atoms with Gasteiger partial charge in [-0.05, 0) is 48.0 Å². The number of amides is 2. The van der Waals surface area contributed by atoms with Gasteiger partial charge in [-0.2, -0.15) is 9.78 Å². The molecule has 1 atom stereocenters. The predicted octanol–water partition coefficient (Wildman–Crippen LogP) is 3.04. The van der Waals surface area contributed by atoms with Crippen LogP contribution >= 0.6 is 15.9 Å². The van der Waals surface area contributed by atoms with Crippen LogP contribution < -0.4 is 10.6 Å². The standard InChI is InChI=1S/C17H15BrFN7O2/c1-9(15-22-8-23-26(15)16-20-4-3-5-21-16)24-17(28)25-14-7-13(19)12(18)6-11(14)10(2)27/h3-9H,1-2H3,(H2,24,25,28)/t9-/m0/s1. The lowest BCUT2D eigenvalue weighted by atomic mass is 10.1. The minimum atomic E-state index is -0.639. The highest BCUT2D eigenvalue weighted by Gasteiger charge is 2.19. The Hall–Kier alpha value is -3.21. The van der Waals surface area contributed by atoms with E-state index >= 15 is 0 Å². The molecule has 0 aliphatic carbocycles. The SMILES string of the molecule is CC(=O)c1cc(Br)c(F)cc1NC(=O)N[C@@H](C)c1ncnn1-c1ncccn1. The molecule has 2 heterocycles. The summed E-state index contributed by atoms with van der Waals surface area (Å²) in [7, 11) is 0. The van der Waals surface area contributed by atoms with Crippen LogP contribution in [0.4, 0.5) is 14.9 Å². The normalized spacial score (nSPS) is 11.7. The van der Waals surface area contributed by atoms with Crippen molar-refractivity contribution in [1.82, 2.24) is 30.0 Å². The van der Waals surface area contributed by atoms with Crippen LogP contribution in [-0.2, 0) is 0 Å². The summed E-state index contributed by atoms with van der Waals surface area (Å²) in [6.45, 7) is 3.02. The van der Waals surface area contributed by atoms with E-state index in [1.54, 1.807) is 25.4 Å². The number of hydrogen-bond acceptors (Lipinski definition) is 6. The Kier molecular flexibility index (Phi) is 5.73. The van der Waals surface area contributed by atoms with Gasteiger partial charge in [0.25, 0.3) is 5.95 Å². The molecule has 0 spiro atoms. The summed E-state index contributed by atoms with van der Waals surface area (Å²) >= 11 is 3.03. The Balaban J connectivity index is 1.77. The second kappa shape index (κ2) is 8.21. The van der Waals surface area contributed by atoms with E-state index < -0.39 is 17.9 Å². The molecule has 0 fully saturated rings. The van der Waals surface area contributed by atoms with Crippen LogP contribution in [0.1, 0.15) is 36.1 Å². The number of hydrogen-bond donors (Lipinski definition) is 2. The summed E-state index contributed by atoms with van der Waals surface area (Å²) in [4.78, 5) is 36.5. The topological polar surface area (TPSA) is 115 Å². The molecule has 2 aromatic heterocycles. The molecule has 2 N–H and O–H groups in total. The molecule has 3 rings (SSSR count). The molecule has 0 aliphatic rings. The van der Waals surface area contributed by atoms with Gasteiger partial charge >= 0.3 is 6.03 Å². The number of carbonyl (C=O) groups excluding carboxylic acids is 2. The average Bonchev–Trinajstić information content (AvgIpc) is 3.15. The molecule has 11 heteroatoms. The molecule has 28 heavy (non-hydrogen) atoms. The van der Waals surface area contributed by atoms with Gasteiger partial charge < -0.3 is 10.6 Å². The molecule has 3 aromatic rings. The van der Waals surface area contributed by atoms with Crippen molar-refractivity contribution in [3.8, 4) is 5.95 Å². The van der Waals surface area contributed by atoms with Gasteiger partial charge in [0.1, 0.15) is 12.1 Å². The van der Waals surface area contributed by atoms with Gasteiger partial charge in [0.15, 0.2) is 11.6 Å². The van der Waals surface area contributed by atoms with Crippen molar-refractivity contribution in [2.24, 2.45) is 0 Å². The number of nitrogens with zero attached hydrogens (tertiary/aromatic N) is 5. The van der Waals surface area contributed by atoms with Crippen molar-refractivity contribution in [1.29, 1.82) is 0 Å². The zero-order chi connectivity index (χ0) is 20.3. The van der Waals surface area contributed by atoms with E-state index in [-0.39, 0.29) is 21.5 Å². The van der Waals surface area contributed by atoms with E-state index in [0.29, 0.717) is 11.8 Å². The molecule has 0 saturated heterocycles. The van der Waals surface area contributed by atoms with Crippen LogP contribution in [-0.4, -0.2) is 36.5 Å². The third kappa shape index (κ3) is 4.19. The van der Waals surface area contributed by atoms with Crippen molar-refractivity contribution < 1.29 is 14.0 Å². The van der Waals surface area contributed by atoms with Crippen molar-refractivity contribution >= 4 is 33.4 Å². The molecule has 0 unspecified atom stereocenters. The third-order valence-corrected chi connectivity index (χ3v) is 4.35. The minimum absolute atomic E-state index is 0.0609. The fraction of sp³-hybridized carbons (Fsp3) is 0.176. The lowest BCUT2D eigenvalue weighted by molar-refractivity contribution is 0.101. The monoisotopic (exact) mass is 447 g/mol. The van der Waals surface area contributed by atoms with Crippen LogP contribution in [0.3, 0.4) is 0 Å². The van der Waals surface area contributed by atoms with E-state index in [1.807, 2.05) is 0 Å². The Labute approximate surface area is 167 Å². The van der Waals surface area contributed by atoms with Crippen LogP contribution in [0.2, 0.25) is 0 Å². The van der Waals surface area contributed by atoms with E-state index in [2.05, 4.69) is 46.6 Å². The van der Waals surface area contributed by atoms with Crippen molar-refractivity contribution in [3.63, 3.8) is 0 Å². The lowest BCUT2D eigenvalue weighted by Crippen LogP contribution is -2.33. The zero-order valence-corrected chi connectivity index (χ0v) is 16.4. The van der Waals surface area contributed by atoms with Gasteiger partial charge in [0.05, 0.1) is 16.2 Å². The van der Waals surface area contributed by atoms with Gasteiger partial charge in [-0.15, -0.1) is 0 Å². The molecule has 0 bridgehead atoms. The number of ketones is 1. The second-order valence-corrected chi connectivity index (χ2v) is 6.62. The number of rotatable bonds is 5. The van der Waals surface area contributed by atoms with Crippen LogP contribution in [0.15, 0.2) is 41.4 Å². The molecule has 0 saturated carbocycles. The van der Waals surface area contributed by atoms with E-state index in [4.69, 9.17) is 0 Å². The highest BCUT2D eigenvalue weighted by atomic mass is 79.9. The fourth-order valence-electron chi connectivity index (χ4n) is 2.46. The first-order valence-corrected chi connectivity index (χ1v) is 8.91. The minimum Gasteiger partial charge on any atom is -0.328 e. The van der Waals surface area contributed by atoms with Gasteiger partial charge in [-0.1, -0.05) is 0 Å². The maximum Gasteiger partial charge on any atom is 0.319 e. The average molecular weight is 448 g/mol. The number of urea groups is 1. The molecular formula is C17H15BrFN7O2. The Morgan fingerprint density at radius 1 is 1.21 bits per heavy atom. The highest BCUT2D eigenvalue weighted by molar-refractivity contribution is 9.10. The number of halogens is 2. The van der Waals surface area contributed by atoms with Crippen molar-refractivity contribution in [3.05, 3.63) is 58.6 Å². The molecule has 0 aliphatic heterocycles. The van der Waals surface area contributed by atoms with Crippen LogP contribution in [0.25, 0.3) is 5.95 Å². The Morgan fingerprint density at radius 3 is 2.61 bits per heavy atom. The first kappa shape index (κ1) is 19.5. The van der Waals surface area contributed by atoms with Crippen LogP contribution in [0, 0.1) is 5.82 Å². The van der Waals surface area contributed by atoms with Crippen molar-refractivity contribution in [2.75, 3.05) is 5.32 Å². The van der Waals surface area contributed by atoms with Gasteiger partial charge in [-0.25, -0.2) is 24.1 Å². The fourth-order valence-corrected chi connectivity index (χ4v) is 2.80. The zero-order valence-electron chi connectivity index (χ0n) is 14.8. The maximum absolute atomic E-state index is 13.8. The van der Waals surface area contributed by atoms with Crippen LogP contribution in [0.5, 0.6) is 0 Å². The maximum atomic E-state index is 13.8. The molecule has 9 nitrogen and oxygen atoms in total. The number of nitrogens with one attached hydrogen (secondary N) is 2. The third-order valence-electron chi connectivity index (χ3n) is 3.74. The molecule has 1 aromatic carbocycles. The van der Waals surface area contributed by atoms with E-state index in [0.717, 1.165) is 6.07 Å². The first-order chi connectivity index (χ1) is 13.4. The number of aromatic nitrogens is 5. The molecule has 0 radical (unpaired) electrons. The molecule has 144 valence electrons. The number of anilines is 1. The van der Waals surface area contributed by atoms with E-state index in [9.17, 15) is 14.0 Å². The summed E-state index contributed by atoms with van der Waals surface area (Å²) in [5, 5.41) is 9.23. The second-order valence-electron chi connectivity index (χ2n) is 5.77. The number of carbonyl (C=O) groups is 2. The summed E-state index contributed by atoms with van der Waals surface area (Å²) in [5.74, 6) is -0.215. The Morgan fingerprint density at radius 2 is 1.93 bits per heavy atom. The van der Waals surface area contributed by atoms with Gasteiger partial charge in [-0.3, -0.25) is 4.79 Å². The summed E-state index contributed by atoms with van der Waals surface area (Å²) < 4.78 is 15.4. The predicted molar refractivity (Wildman–Crippen MR) is 102 cm³/mol. The highest BCUT2D eigenvalue weighted by Crippen LogP contribution is 2.25. The Bertz CT molecular complexity index is 1030.